The van der Waals surface area contributed by atoms with Crippen LogP contribution in [-0.4, -0.2) is 19.6 Å². The molecule has 0 fully saturated rings. The molecule has 3 nitrogen and oxygen atoms in total. The number of hydrogen-bond acceptors (Lipinski definition) is 3. The van der Waals surface area contributed by atoms with Gasteiger partial charge in [-0.25, -0.2) is 4.79 Å². The largest absolute Gasteiger partial charge is 0.465 e. The monoisotopic (exact) mass is 191 g/mol. The second kappa shape index (κ2) is 5.19. The predicted octanol–water partition coefficient (Wildman–Crippen LogP) is 1.45. The van der Waals surface area contributed by atoms with Gasteiger partial charge in [0.1, 0.15) is 0 Å². The molecule has 0 aliphatic rings. The minimum atomic E-state index is -0.320. The first-order valence-corrected chi connectivity index (χ1v) is 4.33. The summed E-state index contributed by atoms with van der Waals surface area (Å²) in [6, 6.07) is 7.14. The van der Waals surface area contributed by atoms with E-state index in [2.05, 4.69) is 4.74 Å². The number of benzene rings is 1. The molecule has 0 atom stereocenters. The lowest BCUT2D eigenvalue weighted by Gasteiger charge is -1.98. The van der Waals surface area contributed by atoms with Crippen LogP contribution in [0.5, 0.6) is 0 Å². The van der Waals surface area contributed by atoms with Crippen molar-refractivity contribution < 1.29 is 9.53 Å². The fourth-order valence-corrected chi connectivity index (χ4v) is 1.05. The smallest absolute Gasteiger partial charge is 0.337 e. The minimum absolute atomic E-state index is 0.320. The van der Waals surface area contributed by atoms with E-state index >= 15 is 0 Å². The molecule has 0 saturated heterocycles. The molecule has 0 radical (unpaired) electrons. The Hall–Kier alpha value is -1.61. The average molecular weight is 191 g/mol. The van der Waals surface area contributed by atoms with Gasteiger partial charge < -0.3 is 10.5 Å². The zero-order valence-corrected chi connectivity index (χ0v) is 8.07. The lowest BCUT2D eigenvalue weighted by molar-refractivity contribution is 0.0601. The lowest BCUT2D eigenvalue weighted by Crippen LogP contribution is -2.00. The van der Waals surface area contributed by atoms with E-state index in [0.717, 1.165) is 5.56 Å². The van der Waals surface area contributed by atoms with Gasteiger partial charge in [-0.05, 0) is 17.7 Å². The van der Waals surface area contributed by atoms with Crippen molar-refractivity contribution in [2.75, 3.05) is 13.7 Å². The first kappa shape index (κ1) is 10.5. The summed E-state index contributed by atoms with van der Waals surface area (Å²) in [6.07, 6.45) is 3.76. The first-order chi connectivity index (χ1) is 6.77. The van der Waals surface area contributed by atoms with Gasteiger partial charge >= 0.3 is 5.97 Å². The third-order valence-corrected chi connectivity index (χ3v) is 1.78. The van der Waals surface area contributed by atoms with Gasteiger partial charge in [0.15, 0.2) is 0 Å². The Morgan fingerprint density at radius 3 is 2.57 bits per heavy atom. The van der Waals surface area contributed by atoms with Crippen molar-refractivity contribution in [3.8, 4) is 0 Å². The lowest BCUT2D eigenvalue weighted by atomic mass is 10.1. The number of nitrogens with two attached hydrogens (primary N) is 1. The van der Waals surface area contributed by atoms with E-state index in [4.69, 9.17) is 5.73 Å². The molecule has 0 saturated carbocycles. The summed E-state index contributed by atoms with van der Waals surface area (Å²) in [5, 5.41) is 0. The molecule has 1 rings (SSSR count). The molecule has 0 heterocycles. The normalized spacial score (nSPS) is 10.4. The van der Waals surface area contributed by atoms with Crippen LogP contribution in [0.25, 0.3) is 6.08 Å². The van der Waals surface area contributed by atoms with Crippen molar-refractivity contribution in [1.29, 1.82) is 0 Å². The molecule has 2 N–H and O–H groups in total. The minimum Gasteiger partial charge on any atom is -0.465 e. The first-order valence-electron chi connectivity index (χ1n) is 4.33. The zero-order chi connectivity index (χ0) is 10.4. The average Bonchev–Trinajstić information content (AvgIpc) is 2.26. The van der Waals surface area contributed by atoms with E-state index in [-0.39, 0.29) is 5.97 Å². The third kappa shape index (κ3) is 2.71. The summed E-state index contributed by atoms with van der Waals surface area (Å²) >= 11 is 0. The highest BCUT2D eigenvalue weighted by atomic mass is 16.5. The highest BCUT2D eigenvalue weighted by molar-refractivity contribution is 5.89. The molecular weight excluding hydrogens is 178 g/mol. The van der Waals surface area contributed by atoms with Crippen molar-refractivity contribution in [3.63, 3.8) is 0 Å². The number of carbonyl (C=O) groups is 1. The number of rotatable bonds is 3. The summed E-state index contributed by atoms with van der Waals surface area (Å²) < 4.78 is 4.58. The van der Waals surface area contributed by atoms with Gasteiger partial charge in [0, 0.05) is 6.54 Å². The van der Waals surface area contributed by atoms with Crippen molar-refractivity contribution in [3.05, 3.63) is 41.5 Å². The summed E-state index contributed by atoms with van der Waals surface area (Å²) in [5.74, 6) is -0.320. The maximum absolute atomic E-state index is 11.1. The van der Waals surface area contributed by atoms with Crippen LogP contribution in [0.3, 0.4) is 0 Å². The summed E-state index contributed by atoms with van der Waals surface area (Å²) in [7, 11) is 1.37. The topological polar surface area (TPSA) is 52.3 Å². The molecule has 3 heteroatoms. The maximum atomic E-state index is 11.1. The third-order valence-electron chi connectivity index (χ3n) is 1.78. The molecule has 14 heavy (non-hydrogen) atoms. The van der Waals surface area contributed by atoms with E-state index in [0.29, 0.717) is 12.1 Å². The highest BCUT2D eigenvalue weighted by Crippen LogP contribution is 2.06. The number of methoxy groups -OCH3 is 1. The number of ether oxygens (including phenoxy) is 1. The van der Waals surface area contributed by atoms with Gasteiger partial charge in [-0.15, -0.1) is 0 Å². The quantitative estimate of drug-likeness (QED) is 0.735. The van der Waals surface area contributed by atoms with E-state index in [9.17, 15) is 4.79 Å². The van der Waals surface area contributed by atoms with E-state index in [1.54, 1.807) is 12.1 Å². The van der Waals surface area contributed by atoms with Gasteiger partial charge in [-0.1, -0.05) is 24.3 Å². The molecule has 0 unspecified atom stereocenters. The van der Waals surface area contributed by atoms with E-state index in [1.807, 2.05) is 24.3 Å². The Bertz CT molecular complexity index is 328. The number of esters is 1. The van der Waals surface area contributed by atoms with Gasteiger partial charge in [-0.3, -0.25) is 0 Å². The molecular formula is C11H13NO2. The Kier molecular flexibility index (Phi) is 3.88. The summed E-state index contributed by atoms with van der Waals surface area (Å²) in [5.41, 5.74) is 6.89. The Balaban J connectivity index is 2.78. The number of carbonyl (C=O) groups excluding carboxylic acids is 1. The Morgan fingerprint density at radius 1 is 1.43 bits per heavy atom. The van der Waals surface area contributed by atoms with Crippen LogP contribution in [0.2, 0.25) is 0 Å². The molecule has 1 aromatic rings. The standard InChI is InChI=1S/C11H13NO2/c1-14-11(13)10-6-4-9(5-7-10)3-2-8-12/h2-7H,8,12H2,1H3. The van der Waals surface area contributed by atoms with Crippen LogP contribution >= 0.6 is 0 Å². The van der Waals surface area contributed by atoms with Crippen LogP contribution in [0.1, 0.15) is 15.9 Å². The molecule has 1 aromatic carbocycles. The Morgan fingerprint density at radius 2 is 2.07 bits per heavy atom. The van der Waals surface area contributed by atoms with Gasteiger partial charge in [0.05, 0.1) is 12.7 Å². The van der Waals surface area contributed by atoms with Crippen LogP contribution in [-0.2, 0) is 4.74 Å². The second-order valence-corrected chi connectivity index (χ2v) is 2.75. The van der Waals surface area contributed by atoms with Gasteiger partial charge in [-0.2, -0.15) is 0 Å². The summed E-state index contributed by atoms with van der Waals surface area (Å²) in [6.45, 7) is 0.513. The molecule has 0 spiro atoms. The molecule has 0 aliphatic carbocycles. The maximum Gasteiger partial charge on any atom is 0.337 e. The number of hydrogen-bond donors (Lipinski definition) is 1. The zero-order valence-electron chi connectivity index (χ0n) is 8.07. The molecule has 0 aliphatic heterocycles. The van der Waals surface area contributed by atoms with Crippen molar-refractivity contribution >= 4 is 12.0 Å². The van der Waals surface area contributed by atoms with Crippen LogP contribution in [0.4, 0.5) is 0 Å². The van der Waals surface area contributed by atoms with Gasteiger partial charge in [0.25, 0.3) is 0 Å². The van der Waals surface area contributed by atoms with Crippen LogP contribution in [0.15, 0.2) is 30.3 Å². The second-order valence-electron chi connectivity index (χ2n) is 2.75. The molecule has 74 valence electrons. The van der Waals surface area contributed by atoms with Crippen molar-refractivity contribution in [2.45, 2.75) is 0 Å². The molecule has 0 aromatic heterocycles. The van der Waals surface area contributed by atoms with E-state index in [1.165, 1.54) is 7.11 Å². The van der Waals surface area contributed by atoms with E-state index < -0.39 is 0 Å². The Labute approximate surface area is 83.2 Å². The molecule has 0 bridgehead atoms. The fourth-order valence-electron chi connectivity index (χ4n) is 1.05. The molecule has 0 amide bonds. The van der Waals surface area contributed by atoms with Crippen molar-refractivity contribution in [1.82, 2.24) is 0 Å². The van der Waals surface area contributed by atoms with Crippen molar-refractivity contribution in [2.24, 2.45) is 5.73 Å². The SMILES string of the molecule is COC(=O)c1ccc(C=CCN)cc1. The fraction of sp³-hybridized carbons (Fsp3) is 0.182. The summed E-state index contributed by atoms with van der Waals surface area (Å²) in [4.78, 5) is 11.1. The van der Waals surface area contributed by atoms with Crippen LogP contribution < -0.4 is 5.73 Å². The van der Waals surface area contributed by atoms with Gasteiger partial charge in [0.2, 0.25) is 0 Å². The predicted molar refractivity (Wildman–Crippen MR) is 55.9 cm³/mol. The van der Waals surface area contributed by atoms with Crippen LogP contribution in [0, 0.1) is 0 Å². The highest BCUT2D eigenvalue weighted by Gasteiger charge is 2.02.